The highest BCUT2D eigenvalue weighted by Gasteiger charge is 2.09. The number of nitrogens with zero attached hydrogens (tertiary/aromatic N) is 3. The minimum absolute atomic E-state index is 0.196. The SMILES string of the molecule is CN(CCn1cc(Br)cn1)C(=O)NCc1ccc(C(=O)O)cc1. The van der Waals surface area contributed by atoms with E-state index in [0.29, 0.717) is 19.6 Å². The smallest absolute Gasteiger partial charge is 0.335 e. The van der Waals surface area contributed by atoms with Crippen molar-refractivity contribution in [1.29, 1.82) is 0 Å². The van der Waals surface area contributed by atoms with Crippen molar-refractivity contribution < 1.29 is 14.7 Å². The van der Waals surface area contributed by atoms with E-state index in [-0.39, 0.29) is 11.6 Å². The summed E-state index contributed by atoms with van der Waals surface area (Å²) in [5.74, 6) is -0.967. The number of carbonyl (C=O) groups is 2. The summed E-state index contributed by atoms with van der Waals surface area (Å²) in [5, 5.41) is 15.8. The van der Waals surface area contributed by atoms with E-state index in [0.717, 1.165) is 10.0 Å². The fourth-order valence-electron chi connectivity index (χ4n) is 1.89. The van der Waals surface area contributed by atoms with Crippen LogP contribution in [0.1, 0.15) is 15.9 Å². The third-order valence-corrected chi connectivity index (χ3v) is 3.67. The number of carboxylic acid groups (broad SMARTS) is 1. The van der Waals surface area contributed by atoms with Gasteiger partial charge in [0.15, 0.2) is 0 Å². The van der Waals surface area contributed by atoms with Crippen molar-refractivity contribution in [2.45, 2.75) is 13.1 Å². The second-order valence-corrected chi connectivity index (χ2v) is 5.92. The Bertz CT molecular complexity index is 684. The van der Waals surface area contributed by atoms with Crippen molar-refractivity contribution in [3.05, 3.63) is 52.3 Å². The number of amides is 2. The highest BCUT2D eigenvalue weighted by Crippen LogP contribution is 2.06. The van der Waals surface area contributed by atoms with E-state index in [1.807, 2.05) is 6.20 Å². The molecule has 23 heavy (non-hydrogen) atoms. The number of hydrogen-bond donors (Lipinski definition) is 2. The Morgan fingerprint density at radius 1 is 1.35 bits per heavy atom. The van der Waals surface area contributed by atoms with Crippen molar-refractivity contribution in [2.75, 3.05) is 13.6 Å². The van der Waals surface area contributed by atoms with Crippen LogP contribution in [0.3, 0.4) is 0 Å². The van der Waals surface area contributed by atoms with Crippen LogP contribution in [0.15, 0.2) is 41.1 Å². The molecular formula is C15H17BrN4O3. The minimum atomic E-state index is -0.967. The second kappa shape index (κ2) is 7.77. The lowest BCUT2D eigenvalue weighted by atomic mass is 10.1. The predicted octanol–water partition coefficient (Wildman–Crippen LogP) is 2.19. The van der Waals surface area contributed by atoms with Gasteiger partial charge in [-0.2, -0.15) is 5.10 Å². The van der Waals surface area contributed by atoms with E-state index >= 15 is 0 Å². The number of likely N-dealkylation sites (N-methyl/N-ethyl adjacent to an activating group) is 1. The molecule has 1 aromatic carbocycles. The molecule has 122 valence electrons. The molecule has 2 aromatic rings. The molecule has 2 N–H and O–H groups in total. The number of halogens is 1. The summed E-state index contributed by atoms with van der Waals surface area (Å²) in [6.45, 7) is 1.47. The summed E-state index contributed by atoms with van der Waals surface area (Å²) in [7, 11) is 1.71. The van der Waals surface area contributed by atoms with E-state index in [4.69, 9.17) is 5.11 Å². The molecule has 0 fully saturated rings. The Hall–Kier alpha value is -2.35. The molecule has 1 heterocycles. The first kappa shape index (κ1) is 17.0. The molecule has 0 aliphatic carbocycles. The van der Waals surface area contributed by atoms with Gasteiger partial charge in [0.1, 0.15) is 0 Å². The van der Waals surface area contributed by atoms with Crippen LogP contribution in [0.25, 0.3) is 0 Å². The average molecular weight is 381 g/mol. The maximum Gasteiger partial charge on any atom is 0.335 e. The van der Waals surface area contributed by atoms with Crippen molar-refractivity contribution in [1.82, 2.24) is 20.0 Å². The molecule has 0 saturated heterocycles. The number of hydrogen-bond acceptors (Lipinski definition) is 3. The van der Waals surface area contributed by atoms with Gasteiger partial charge in [-0.3, -0.25) is 4.68 Å². The number of benzene rings is 1. The number of aromatic carboxylic acids is 1. The van der Waals surface area contributed by atoms with Crippen molar-refractivity contribution in [3.8, 4) is 0 Å². The summed E-state index contributed by atoms with van der Waals surface area (Å²) in [5.41, 5.74) is 1.07. The highest BCUT2D eigenvalue weighted by molar-refractivity contribution is 9.10. The molecular weight excluding hydrogens is 364 g/mol. The van der Waals surface area contributed by atoms with Gasteiger partial charge in [-0.05, 0) is 33.6 Å². The molecule has 2 amide bonds. The van der Waals surface area contributed by atoms with Crippen LogP contribution in [0.2, 0.25) is 0 Å². The highest BCUT2D eigenvalue weighted by atomic mass is 79.9. The molecule has 0 radical (unpaired) electrons. The Morgan fingerprint density at radius 2 is 2.04 bits per heavy atom. The van der Waals surface area contributed by atoms with Gasteiger partial charge in [-0.1, -0.05) is 12.1 Å². The standard InChI is InChI=1S/C15H17BrN4O3/c1-19(6-7-20-10-13(16)9-18-20)15(23)17-8-11-2-4-12(5-3-11)14(21)22/h2-5,9-10H,6-8H2,1H3,(H,17,23)(H,21,22). The van der Waals surface area contributed by atoms with E-state index in [1.165, 1.54) is 12.1 Å². The van der Waals surface area contributed by atoms with Gasteiger partial charge >= 0.3 is 12.0 Å². The van der Waals surface area contributed by atoms with E-state index in [1.54, 1.807) is 35.0 Å². The van der Waals surface area contributed by atoms with Gasteiger partial charge < -0.3 is 15.3 Å². The molecule has 7 nitrogen and oxygen atoms in total. The topological polar surface area (TPSA) is 87.5 Å². The fourth-order valence-corrected chi connectivity index (χ4v) is 2.22. The van der Waals surface area contributed by atoms with Crippen LogP contribution in [0.5, 0.6) is 0 Å². The fraction of sp³-hybridized carbons (Fsp3) is 0.267. The quantitative estimate of drug-likeness (QED) is 0.803. The maximum atomic E-state index is 12.0. The predicted molar refractivity (Wildman–Crippen MR) is 88.2 cm³/mol. The Labute approximate surface area is 142 Å². The molecule has 0 saturated carbocycles. The van der Waals surface area contributed by atoms with Crippen LogP contribution in [0, 0.1) is 0 Å². The summed E-state index contributed by atoms with van der Waals surface area (Å²) in [6, 6.07) is 6.21. The number of carboxylic acids is 1. The van der Waals surface area contributed by atoms with Gasteiger partial charge in [0.25, 0.3) is 0 Å². The van der Waals surface area contributed by atoms with Gasteiger partial charge in [0.2, 0.25) is 0 Å². The molecule has 0 unspecified atom stereocenters. The molecule has 2 rings (SSSR count). The summed E-state index contributed by atoms with van der Waals surface area (Å²) < 4.78 is 2.65. The third-order valence-electron chi connectivity index (χ3n) is 3.26. The first-order valence-electron chi connectivity index (χ1n) is 6.95. The maximum absolute atomic E-state index is 12.0. The van der Waals surface area contributed by atoms with Crippen LogP contribution in [-0.4, -0.2) is 45.4 Å². The molecule has 0 spiro atoms. The Balaban J connectivity index is 1.78. The van der Waals surface area contributed by atoms with Gasteiger partial charge in [-0.25, -0.2) is 9.59 Å². The number of carbonyl (C=O) groups excluding carboxylic acids is 1. The lowest BCUT2D eigenvalue weighted by Gasteiger charge is -2.18. The largest absolute Gasteiger partial charge is 0.478 e. The Kier molecular flexibility index (Phi) is 5.75. The van der Waals surface area contributed by atoms with Crippen molar-refractivity contribution in [3.63, 3.8) is 0 Å². The number of urea groups is 1. The van der Waals surface area contributed by atoms with Gasteiger partial charge in [0, 0.05) is 26.3 Å². The van der Waals surface area contributed by atoms with Crippen molar-refractivity contribution >= 4 is 27.9 Å². The molecule has 0 aliphatic rings. The number of nitrogens with one attached hydrogen (secondary N) is 1. The average Bonchev–Trinajstić information content (AvgIpc) is 2.96. The first-order valence-corrected chi connectivity index (χ1v) is 7.74. The van der Waals surface area contributed by atoms with Crippen LogP contribution in [0.4, 0.5) is 4.79 Å². The molecule has 8 heteroatoms. The monoisotopic (exact) mass is 380 g/mol. The third kappa shape index (κ3) is 5.10. The summed E-state index contributed by atoms with van der Waals surface area (Å²) in [6.07, 6.45) is 3.54. The number of rotatable bonds is 6. The second-order valence-electron chi connectivity index (χ2n) is 5.00. The zero-order valence-corrected chi connectivity index (χ0v) is 14.2. The summed E-state index contributed by atoms with van der Waals surface area (Å²) >= 11 is 3.32. The minimum Gasteiger partial charge on any atom is -0.478 e. The van der Waals surface area contributed by atoms with Crippen LogP contribution < -0.4 is 5.32 Å². The van der Waals surface area contributed by atoms with Crippen LogP contribution >= 0.6 is 15.9 Å². The molecule has 0 aliphatic heterocycles. The summed E-state index contributed by atoms with van der Waals surface area (Å²) in [4.78, 5) is 24.3. The van der Waals surface area contributed by atoms with Crippen LogP contribution in [-0.2, 0) is 13.1 Å². The zero-order chi connectivity index (χ0) is 16.8. The zero-order valence-electron chi connectivity index (χ0n) is 12.6. The number of aromatic nitrogens is 2. The lowest BCUT2D eigenvalue weighted by Crippen LogP contribution is -2.38. The lowest BCUT2D eigenvalue weighted by molar-refractivity contribution is 0.0697. The normalized spacial score (nSPS) is 10.3. The van der Waals surface area contributed by atoms with E-state index < -0.39 is 5.97 Å². The van der Waals surface area contributed by atoms with E-state index in [9.17, 15) is 9.59 Å². The van der Waals surface area contributed by atoms with Crippen molar-refractivity contribution in [2.24, 2.45) is 0 Å². The molecule has 1 aromatic heterocycles. The molecule has 0 bridgehead atoms. The van der Waals surface area contributed by atoms with Gasteiger partial charge in [-0.15, -0.1) is 0 Å². The molecule has 0 atom stereocenters. The first-order chi connectivity index (χ1) is 11.0. The van der Waals surface area contributed by atoms with Gasteiger partial charge in [0.05, 0.1) is 22.8 Å². The Morgan fingerprint density at radius 3 is 2.61 bits per heavy atom. The van der Waals surface area contributed by atoms with E-state index in [2.05, 4.69) is 26.3 Å².